The van der Waals surface area contributed by atoms with Crippen molar-refractivity contribution in [3.8, 4) is 0 Å². The van der Waals surface area contributed by atoms with Crippen molar-refractivity contribution in [2.45, 2.75) is 38.3 Å². The van der Waals surface area contributed by atoms with Crippen LogP contribution in [0.5, 0.6) is 0 Å². The molecule has 0 saturated carbocycles. The number of hydrogen-bond acceptors (Lipinski definition) is 4. The minimum Gasteiger partial charge on any atom is -0.462 e. The number of hydrogen-bond donors (Lipinski definition) is 0. The molecule has 0 unspecified atom stereocenters. The SMILES string of the molecule is CCCC[Si](CCCOC(=O)c1ccccc1)(OC)OC. The van der Waals surface area contributed by atoms with Gasteiger partial charge in [0.1, 0.15) is 0 Å². The lowest BCUT2D eigenvalue weighted by Gasteiger charge is -2.27. The van der Waals surface area contributed by atoms with Gasteiger partial charge in [-0.1, -0.05) is 38.0 Å². The molecule has 0 aliphatic carbocycles. The van der Waals surface area contributed by atoms with Crippen LogP contribution in [0.25, 0.3) is 0 Å². The summed E-state index contributed by atoms with van der Waals surface area (Å²) in [5, 5.41) is 0. The largest absolute Gasteiger partial charge is 0.462 e. The lowest BCUT2D eigenvalue weighted by atomic mass is 10.2. The topological polar surface area (TPSA) is 44.8 Å². The molecule has 0 aliphatic heterocycles. The first-order valence-corrected chi connectivity index (χ1v) is 9.73. The van der Waals surface area contributed by atoms with Crippen molar-refractivity contribution in [1.82, 2.24) is 0 Å². The Morgan fingerprint density at radius 1 is 1.05 bits per heavy atom. The second kappa shape index (κ2) is 9.71. The Morgan fingerprint density at radius 2 is 1.67 bits per heavy atom. The van der Waals surface area contributed by atoms with E-state index in [1.807, 2.05) is 18.2 Å². The van der Waals surface area contributed by atoms with Crippen LogP contribution >= 0.6 is 0 Å². The number of esters is 1. The zero-order valence-corrected chi connectivity index (χ0v) is 14.3. The first-order valence-electron chi connectivity index (χ1n) is 7.50. The van der Waals surface area contributed by atoms with Crippen molar-refractivity contribution in [3.63, 3.8) is 0 Å². The molecule has 1 rings (SSSR count). The monoisotopic (exact) mass is 310 g/mol. The number of rotatable bonds is 10. The van der Waals surface area contributed by atoms with E-state index in [0.29, 0.717) is 12.2 Å². The highest BCUT2D eigenvalue weighted by Gasteiger charge is 2.34. The molecule has 1 aromatic carbocycles. The van der Waals surface area contributed by atoms with E-state index in [2.05, 4.69) is 6.92 Å². The summed E-state index contributed by atoms with van der Waals surface area (Å²) < 4.78 is 16.6. The highest BCUT2D eigenvalue weighted by atomic mass is 28.4. The van der Waals surface area contributed by atoms with Crippen molar-refractivity contribution in [2.24, 2.45) is 0 Å². The summed E-state index contributed by atoms with van der Waals surface area (Å²) in [6, 6.07) is 10.9. The Morgan fingerprint density at radius 3 is 2.24 bits per heavy atom. The zero-order valence-electron chi connectivity index (χ0n) is 13.3. The smallest absolute Gasteiger partial charge is 0.338 e. The quantitative estimate of drug-likeness (QED) is 0.375. The van der Waals surface area contributed by atoms with Crippen molar-refractivity contribution >= 4 is 14.5 Å². The third kappa shape index (κ3) is 5.99. The van der Waals surface area contributed by atoms with Crippen molar-refractivity contribution in [2.75, 3.05) is 20.8 Å². The second-order valence-electron chi connectivity index (χ2n) is 5.03. The predicted molar refractivity (Wildman–Crippen MR) is 85.6 cm³/mol. The molecule has 0 atom stereocenters. The fraction of sp³-hybridized carbons (Fsp3) is 0.562. The van der Waals surface area contributed by atoms with Gasteiger partial charge in [-0.25, -0.2) is 4.79 Å². The van der Waals surface area contributed by atoms with Gasteiger partial charge in [0.05, 0.1) is 12.2 Å². The predicted octanol–water partition coefficient (Wildman–Crippen LogP) is 3.77. The number of carbonyl (C=O) groups excluding carboxylic acids is 1. The van der Waals surface area contributed by atoms with Gasteiger partial charge >= 0.3 is 14.5 Å². The molecule has 1 aromatic rings. The number of ether oxygens (including phenoxy) is 1. The van der Waals surface area contributed by atoms with E-state index in [9.17, 15) is 4.79 Å². The molecule has 0 spiro atoms. The standard InChI is InChI=1S/C16H26O4Si/c1-4-5-13-21(18-2,19-3)14-9-12-20-16(17)15-10-7-6-8-11-15/h6-8,10-11H,4-5,9,12-14H2,1-3H3. The lowest BCUT2D eigenvalue weighted by Crippen LogP contribution is -2.40. The summed E-state index contributed by atoms with van der Waals surface area (Å²) in [5.74, 6) is -0.272. The van der Waals surface area contributed by atoms with Crippen molar-refractivity contribution in [1.29, 1.82) is 0 Å². The van der Waals surface area contributed by atoms with Crippen LogP contribution in [-0.4, -0.2) is 35.4 Å². The highest BCUT2D eigenvalue weighted by molar-refractivity contribution is 6.67. The van der Waals surface area contributed by atoms with Gasteiger partial charge in [-0.05, 0) is 30.6 Å². The number of benzene rings is 1. The maximum absolute atomic E-state index is 11.8. The van der Waals surface area contributed by atoms with E-state index in [-0.39, 0.29) is 5.97 Å². The van der Waals surface area contributed by atoms with Gasteiger partial charge in [0.15, 0.2) is 0 Å². The van der Waals surface area contributed by atoms with Gasteiger partial charge in [-0.15, -0.1) is 0 Å². The van der Waals surface area contributed by atoms with Gasteiger partial charge < -0.3 is 13.6 Å². The van der Waals surface area contributed by atoms with Crippen LogP contribution in [0.15, 0.2) is 30.3 Å². The van der Waals surface area contributed by atoms with Gasteiger partial charge in [-0.2, -0.15) is 0 Å². The average molecular weight is 310 g/mol. The normalized spacial score (nSPS) is 11.4. The summed E-state index contributed by atoms with van der Waals surface area (Å²) in [5.41, 5.74) is 0.588. The third-order valence-corrected chi connectivity index (χ3v) is 7.32. The van der Waals surface area contributed by atoms with Crippen molar-refractivity contribution < 1.29 is 18.4 Å². The Bertz CT molecular complexity index is 404. The first kappa shape index (κ1) is 17.9. The van der Waals surface area contributed by atoms with E-state index < -0.39 is 8.56 Å². The van der Waals surface area contributed by atoms with Gasteiger partial charge in [0, 0.05) is 14.2 Å². The maximum Gasteiger partial charge on any atom is 0.338 e. The molecule has 21 heavy (non-hydrogen) atoms. The van der Waals surface area contributed by atoms with E-state index in [1.54, 1.807) is 26.4 Å². The maximum atomic E-state index is 11.8. The molecule has 0 fully saturated rings. The summed E-state index contributed by atoms with van der Waals surface area (Å²) >= 11 is 0. The van der Waals surface area contributed by atoms with E-state index in [1.165, 1.54) is 0 Å². The molecule has 0 saturated heterocycles. The van der Waals surface area contributed by atoms with Crippen LogP contribution in [0.3, 0.4) is 0 Å². The molecule has 0 amide bonds. The molecule has 0 bridgehead atoms. The molecule has 4 nitrogen and oxygen atoms in total. The van der Waals surface area contributed by atoms with E-state index in [4.69, 9.17) is 13.6 Å². The third-order valence-electron chi connectivity index (χ3n) is 3.60. The van der Waals surface area contributed by atoms with Crippen LogP contribution in [0.1, 0.15) is 36.5 Å². The summed E-state index contributed by atoms with van der Waals surface area (Å²) in [4.78, 5) is 11.8. The average Bonchev–Trinajstić information content (AvgIpc) is 2.55. The molecule has 118 valence electrons. The van der Waals surface area contributed by atoms with Gasteiger partial charge in [-0.3, -0.25) is 0 Å². The van der Waals surface area contributed by atoms with Crippen LogP contribution < -0.4 is 0 Å². The second-order valence-corrected chi connectivity index (χ2v) is 8.67. The molecule has 0 aromatic heterocycles. The number of carbonyl (C=O) groups is 1. The molecule has 0 heterocycles. The molecule has 0 radical (unpaired) electrons. The minimum atomic E-state index is -2.11. The lowest BCUT2D eigenvalue weighted by molar-refractivity contribution is 0.0501. The van der Waals surface area contributed by atoms with E-state index >= 15 is 0 Å². The van der Waals surface area contributed by atoms with Crippen LogP contribution in [0, 0.1) is 0 Å². The first-order chi connectivity index (χ1) is 10.2. The Kier molecular flexibility index (Phi) is 8.26. The van der Waals surface area contributed by atoms with E-state index in [0.717, 1.165) is 31.4 Å². The highest BCUT2D eigenvalue weighted by Crippen LogP contribution is 2.22. The zero-order chi connectivity index (χ0) is 15.6. The minimum absolute atomic E-state index is 0.272. The fourth-order valence-electron chi connectivity index (χ4n) is 2.23. The van der Waals surface area contributed by atoms with Gasteiger partial charge in [0.2, 0.25) is 0 Å². The Hall–Kier alpha value is -1.17. The molecule has 0 N–H and O–H groups in total. The van der Waals surface area contributed by atoms with Crippen LogP contribution in [0.4, 0.5) is 0 Å². The number of unbranched alkanes of at least 4 members (excludes halogenated alkanes) is 1. The van der Waals surface area contributed by atoms with Crippen LogP contribution in [-0.2, 0) is 13.6 Å². The fourth-order valence-corrected chi connectivity index (χ4v) is 5.04. The van der Waals surface area contributed by atoms with Gasteiger partial charge in [0.25, 0.3) is 0 Å². The van der Waals surface area contributed by atoms with Crippen molar-refractivity contribution in [3.05, 3.63) is 35.9 Å². The summed E-state index contributed by atoms with van der Waals surface area (Å²) in [6.45, 7) is 2.56. The summed E-state index contributed by atoms with van der Waals surface area (Å²) in [7, 11) is 1.34. The Labute approximate surface area is 128 Å². The molecular formula is C16H26O4Si. The summed E-state index contributed by atoms with van der Waals surface area (Å²) in [6.07, 6.45) is 3.01. The molecule has 0 aliphatic rings. The van der Waals surface area contributed by atoms with Crippen LogP contribution in [0.2, 0.25) is 12.1 Å². The Balaban J connectivity index is 2.36. The molecular weight excluding hydrogens is 284 g/mol. The molecule has 5 heteroatoms.